The first-order valence-corrected chi connectivity index (χ1v) is 7.52. The summed E-state index contributed by atoms with van der Waals surface area (Å²) in [6.45, 7) is 2.22. The van der Waals surface area contributed by atoms with Gasteiger partial charge in [-0.2, -0.15) is 11.8 Å². The third kappa shape index (κ3) is 1.99. The van der Waals surface area contributed by atoms with E-state index in [4.69, 9.17) is 0 Å². The van der Waals surface area contributed by atoms with E-state index in [1.54, 1.807) is 0 Å². The van der Waals surface area contributed by atoms with Gasteiger partial charge in [-0.15, -0.1) is 0 Å². The zero-order valence-corrected chi connectivity index (χ0v) is 11.3. The molecule has 90 valence electrons. The van der Waals surface area contributed by atoms with Gasteiger partial charge in [0.1, 0.15) is 0 Å². The van der Waals surface area contributed by atoms with Gasteiger partial charge in [0.2, 0.25) is 0 Å². The fraction of sp³-hybridized carbons (Fsp3) is 0.176. The summed E-state index contributed by atoms with van der Waals surface area (Å²) in [5.41, 5.74) is 1.48. The van der Waals surface area contributed by atoms with Crippen molar-refractivity contribution in [2.24, 2.45) is 0 Å². The monoisotopic (exact) mass is 252 g/mol. The van der Waals surface area contributed by atoms with Gasteiger partial charge in [0.15, 0.2) is 0 Å². The highest BCUT2D eigenvalue weighted by molar-refractivity contribution is 7.98. The molecule has 3 aromatic carbocycles. The maximum Gasteiger partial charge on any atom is 0.0196 e. The molecular formula is C17H16S. The lowest BCUT2D eigenvalue weighted by Crippen LogP contribution is -1.88. The van der Waals surface area contributed by atoms with Crippen LogP contribution in [-0.4, -0.2) is 5.75 Å². The van der Waals surface area contributed by atoms with Crippen molar-refractivity contribution in [3.05, 3.63) is 60.2 Å². The Bertz CT molecular complexity index is 631. The van der Waals surface area contributed by atoms with Gasteiger partial charge in [0, 0.05) is 5.75 Å². The van der Waals surface area contributed by atoms with Gasteiger partial charge < -0.3 is 0 Å². The second-order valence-electron chi connectivity index (χ2n) is 4.43. The summed E-state index contributed by atoms with van der Waals surface area (Å²) < 4.78 is 0. The standard InChI is InChI=1S/C17H16S/c1-2-18-12-17-15-9-5-3-7-13(15)11-14-8-4-6-10-16(14)17/h3-11H,2,12H2,1H3. The Morgan fingerprint density at radius 1 is 0.833 bits per heavy atom. The van der Waals surface area contributed by atoms with Crippen LogP contribution in [0.5, 0.6) is 0 Å². The smallest absolute Gasteiger partial charge is 0.0196 e. The molecule has 0 unspecified atom stereocenters. The first kappa shape index (κ1) is 11.6. The van der Waals surface area contributed by atoms with E-state index in [2.05, 4.69) is 61.5 Å². The minimum absolute atomic E-state index is 1.10. The Labute approximate surface area is 112 Å². The van der Waals surface area contributed by atoms with Crippen molar-refractivity contribution < 1.29 is 0 Å². The van der Waals surface area contributed by atoms with Gasteiger partial charge >= 0.3 is 0 Å². The molecule has 0 spiro atoms. The molecule has 0 aliphatic rings. The van der Waals surface area contributed by atoms with Crippen LogP contribution in [0.3, 0.4) is 0 Å². The molecule has 0 aliphatic carbocycles. The Kier molecular flexibility index (Phi) is 3.24. The summed E-state index contributed by atoms with van der Waals surface area (Å²) in [6.07, 6.45) is 0. The Hall–Kier alpha value is -1.47. The molecule has 0 radical (unpaired) electrons. The predicted molar refractivity (Wildman–Crippen MR) is 83.3 cm³/mol. The van der Waals surface area contributed by atoms with Gasteiger partial charge in [-0.3, -0.25) is 0 Å². The number of rotatable bonds is 3. The Balaban J connectivity index is 2.34. The summed E-state index contributed by atoms with van der Waals surface area (Å²) in [6, 6.07) is 19.7. The lowest BCUT2D eigenvalue weighted by molar-refractivity contribution is 1.46. The van der Waals surface area contributed by atoms with E-state index in [-0.39, 0.29) is 0 Å². The third-order valence-electron chi connectivity index (χ3n) is 3.33. The Morgan fingerprint density at radius 3 is 1.94 bits per heavy atom. The second-order valence-corrected chi connectivity index (χ2v) is 5.71. The average molecular weight is 252 g/mol. The minimum atomic E-state index is 1.10. The summed E-state index contributed by atoms with van der Waals surface area (Å²) in [5.74, 6) is 2.26. The van der Waals surface area contributed by atoms with Crippen LogP contribution >= 0.6 is 11.8 Å². The maximum atomic E-state index is 2.30. The van der Waals surface area contributed by atoms with Crippen LogP contribution in [0.1, 0.15) is 12.5 Å². The summed E-state index contributed by atoms with van der Waals surface area (Å²) >= 11 is 1.99. The van der Waals surface area contributed by atoms with Crippen LogP contribution in [0.4, 0.5) is 0 Å². The minimum Gasteiger partial charge on any atom is -0.157 e. The van der Waals surface area contributed by atoms with E-state index < -0.39 is 0 Å². The SMILES string of the molecule is CCSCc1c2ccccc2cc2ccccc12. The fourth-order valence-electron chi connectivity index (χ4n) is 2.47. The normalized spacial score (nSPS) is 11.2. The highest BCUT2D eigenvalue weighted by Crippen LogP contribution is 2.31. The van der Waals surface area contributed by atoms with Crippen LogP contribution < -0.4 is 0 Å². The van der Waals surface area contributed by atoms with E-state index in [1.165, 1.54) is 27.1 Å². The van der Waals surface area contributed by atoms with Crippen molar-refractivity contribution >= 4 is 33.3 Å². The highest BCUT2D eigenvalue weighted by Gasteiger charge is 2.06. The van der Waals surface area contributed by atoms with Gasteiger partial charge in [-0.25, -0.2) is 0 Å². The summed E-state index contributed by atoms with van der Waals surface area (Å²) in [4.78, 5) is 0. The van der Waals surface area contributed by atoms with E-state index in [1.807, 2.05) is 11.8 Å². The quantitative estimate of drug-likeness (QED) is 0.574. The lowest BCUT2D eigenvalue weighted by atomic mass is 9.98. The van der Waals surface area contributed by atoms with Crippen molar-refractivity contribution in [2.75, 3.05) is 5.75 Å². The molecule has 0 bridgehead atoms. The van der Waals surface area contributed by atoms with Crippen LogP contribution in [-0.2, 0) is 5.75 Å². The largest absolute Gasteiger partial charge is 0.157 e. The molecule has 3 aromatic rings. The van der Waals surface area contributed by atoms with Crippen LogP contribution in [0.2, 0.25) is 0 Å². The topological polar surface area (TPSA) is 0 Å². The zero-order valence-electron chi connectivity index (χ0n) is 10.5. The fourth-order valence-corrected chi connectivity index (χ4v) is 3.19. The van der Waals surface area contributed by atoms with E-state index in [0.717, 1.165) is 11.5 Å². The first-order valence-electron chi connectivity index (χ1n) is 6.37. The molecule has 0 atom stereocenters. The number of fused-ring (bicyclic) bond motifs is 2. The predicted octanol–water partition coefficient (Wildman–Crippen LogP) is 5.25. The first-order chi connectivity index (χ1) is 8.90. The van der Waals surface area contributed by atoms with Gasteiger partial charge in [-0.05, 0) is 38.9 Å². The van der Waals surface area contributed by atoms with Gasteiger partial charge in [0.05, 0.1) is 0 Å². The molecular weight excluding hydrogens is 236 g/mol. The summed E-state index contributed by atoms with van der Waals surface area (Å²) in [7, 11) is 0. The van der Waals surface area contributed by atoms with Crippen LogP contribution in [0, 0.1) is 0 Å². The molecule has 0 heterocycles. The van der Waals surface area contributed by atoms with Crippen LogP contribution in [0.15, 0.2) is 54.6 Å². The molecule has 0 saturated carbocycles. The number of benzene rings is 3. The van der Waals surface area contributed by atoms with E-state index >= 15 is 0 Å². The molecule has 0 nitrogen and oxygen atoms in total. The number of hydrogen-bond acceptors (Lipinski definition) is 1. The molecule has 1 heteroatoms. The van der Waals surface area contributed by atoms with Crippen LogP contribution in [0.25, 0.3) is 21.5 Å². The molecule has 3 rings (SSSR count). The lowest BCUT2D eigenvalue weighted by Gasteiger charge is -2.10. The van der Waals surface area contributed by atoms with Gasteiger partial charge in [-0.1, -0.05) is 55.5 Å². The highest BCUT2D eigenvalue weighted by atomic mass is 32.2. The molecule has 0 fully saturated rings. The average Bonchev–Trinajstić information content (AvgIpc) is 2.43. The van der Waals surface area contributed by atoms with Crippen molar-refractivity contribution in [2.45, 2.75) is 12.7 Å². The van der Waals surface area contributed by atoms with Gasteiger partial charge in [0.25, 0.3) is 0 Å². The molecule has 0 amide bonds. The second kappa shape index (κ2) is 5.03. The van der Waals surface area contributed by atoms with Crippen molar-refractivity contribution in [1.82, 2.24) is 0 Å². The summed E-state index contributed by atoms with van der Waals surface area (Å²) in [5, 5.41) is 5.50. The van der Waals surface area contributed by atoms with E-state index in [9.17, 15) is 0 Å². The molecule has 0 saturated heterocycles. The molecule has 0 N–H and O–H groups in total. The van der Waals surface area contributed by atoms with E-state index in [0.29, 0.717) is 0 Å². The number of thioether (sulfide) groups is 1. The number of hydrogen-bond donors (Lipinski definition) is 0. The zero-order chi connectivity index (χ0) is 12.4. The van der Waals surface area contributed by atoms with Crippen molar-refractivity contribution in [1.29, 1.82) is 0 Å². The van der Waals surface area contributed by atoms with Crippen molar-refractivity contribution in [3.63, 3.8) is 0 Å². The molecule has 0 aliphatic heterocycles. The van der Waals surface area contributed by atoms with Crippen molar-refractivity contribution in [3.8, 4) is 0 Å². The molecule has 18 heavy (non-hydrogen) atoms. The third-order valence-corrected chi connectivity index (χ3v) is 4.23. The molecule has 0 aromatic heterocycles. The Morgan fingerprint density at radius 2 is 1.39 bits per heavy atom. The maximum absolute atomic E-state index is 2.30.